The van der Waals surface area contributed by atoms with Crippen LogP contribution in [-0.2, 0) is 4.79 Å². The summed E-state index contributed by atoms with van der Waals surface area (Å²) in [6.45, 7) is 0. The van der Waals surface area contributed by atoms with Crippen molar-refractivity contribution in [2.24, 2.45) is 5.73 Å². The van der Waals surface area contributed by atoms with Crippen LogP contribution in [0.1, 0.15) is 32.1 Å². The standard InChI is InChI=1S/C14H22N4O/c1-18(2)13-11(6-5-9-16-13)17-12(19)10-14(15)7-3-4-8-14/h5-6,9H,3-4,7-8,10,15H2,1-2H3,(H,17,19). The Bertz CT molecular complexity index is 453. The van der Waals surface area contributed by atoms with Gasteiger partial charge >= 0.3 is 0 Å². The van der Waals surface area contributed by atoms with E-state index in [1.807, 2.05) is 31.1 Å². The zero-order valence-electron chi connectivity index (χ0n) is 11.6. The highest BCUT2D eigenvalue weighted by Gasteiger charge is 2.31. The zero-order chi connectivity index (χ0) is 13.9. The van der Waals surface area contributed by atoms with Gasteiger partial charge in [-0.15, -0.1) is 0 Å². The summed E-state index contributed by atoms with van der Waals surface area (Å²) >= 11 is 0. The third-order valence-corrected chi connectivity index (χ3v) is 3.60. The molecule has 5 heteroatoms. The van der Waals surface area contributed by atoms with Crippen LogP contribution < -0.4 is 16.0 Å². The first-order valence-electron chi connectivity index (χ1n) is 6.71. The van der Waals surface area contributed by atoms with Crippen LogP contribution in [0.25, 0.3) is 0 Å². The maximum Gasteiger partial charge on any atom is 0.226 e. The molecule has 0 unspecified atom stereocenters. The highest BCUT2D eigenvalue weighted by molar-refractivity contribution is 5.94. The molecule has 0 atom stereocenters. The molecule has 0 spiro atoms. The first-order valence-corrected chi connectivity index (χ1v) is 6.71. The van der Waals surface area contributed by atoms with E-state index in [1.54, 1.807) is 6.20 Å². The fraction of sp³-hybridized carbons (Fsp3) is 0.571. The van der Waals surface area contributed by atoms with Crippen molar-refractivity contribution in [1.29, 1.82) is 0 Å². The Labute approximate surface area is 114 Å². The fourth-order valence-corrected chi connectivity index (χ4v) is 2.62. The molecule has 0 aromatic carbocycles. The minimum absolute atomic E-state index is 0.0273. The highest BCUT2D eigenvalue weighted by atomic mass is 16.1. The van der Waals surface area contributed by atoms with Crippen molar-refractivity contribution in [1.82, 2.24) is 4.98 Å². The number of carbonyl (C=O) groups excluding carboxylic acids is 1. The summed E-state index contributed by atoms with van der Waals surface area (Å²) in [5.41, 5.74) is 6.64. The molecule has 3 N–H and O–H groups in total. The van der Waals surface area contributed by atoms with Gasteiger partial charge in [0.1, 0.15) is 0 Å². The van der Waals surface area contributed by atoms with Gasteiger partial charge in [-0.1, -0.05) is 12.8 Å². The molecular weight excluding hydrogens is 240 g/mol. The summed E-state index contributed by atoms with van der Waals surface area (Å²) in [4.78, 5) is 18.2. The smallest absolute Gasteiger partial charge is 0.226 e. The van der Waals surface area contributed by atoms with Crippen molar-refractivity contribution in [3.8, 4) is 0 Å². The van der Waals surface area contributed by atoms with E-state index in [-0.39, 0.29) is 11.4 Å². The Kier molecular flexibility index (Phi) is 4.04. The second kappa shape index (κ2) is 5.57. The SMILES string of the molecule is CN(C)c1ncccc1NC(=O)CC1(N)CCCC1. The molecule has 1 aromatic heterocycles. The first-order chi connectivity index (χ1) is 9.00. The molecule has 1 amide bonds. The van der Waals surface area contributed by atoms with E-state index in [2.05, 4.69) is 10.3 Å². The summed E-state index contributed by atoms with van der Waals surface area (Å²) in [6.07, 6.45) is 6.22. The van der Waals surface area contributed by atoms with Crippen LogP contribution in [0, 0.1) is 0 Å². The van der Waals surface area contributed by atoms with E-state index in [0.717, 1.165) is 37.2 Å². The summed E-state index contributed by atoms with van der Waals surface area (Å²) in [7, 11) is 3.80. The van der Waals surface area contributed by atoms with Crippen LogP contribution in [0.5, 0.6) is 0 Å². The van der Waals surface area contributed by atoms with Gasteiger partial charge in [0, 0.05) is 32.3 Å². The molecule has 1 aliphatic carbocycles. The largest absolute Gasteiger partial charge is 0.361 e. The van der Waals surface area contributed by atoms with Gasteiger partial charge in [0.15, 0.2) is 5.82 Å². The molecule has 0 aliphatic heterocycles. The fourth-order valence-electron chi connectivity index (χ4n) is 2.62. The number of pyridine rings is 1. The van der Waals surface area contributed by atoms with Gasteiger partial charge in [0.05, 0.1) is 5.69 Å². The van der Waals surface area contributed by atoms with Crippen LogP contribution >= 0.6 is 0 Å². The zero-order valence-corrected chi connectivity index (χ0v) is 11.6. The third-order valence-electron chi connectivity index (χ3n) is 3.60. The monoisotopic (exact) mass is 262 g/mol. The van der Waals surface area contributed by atoms with Crippen LogP contribution in [0.15, 0.2) is 18.3 Å². The van der Waals surface area contributed by atoms with Crippen LogP contribution in [-0.4, -0.2) is 30.5 Å². The summed E-state index contributed by atoms with van der Waals surface area (Å²) in [5.74, 6) is 0.730. The Morgan fingerprint density at radius 1 is 1.47 bits per heavy atom. The van der Waals surface area contributed by atoms with Gasteiger partial charge in [-0.2, -0.15) is 0 Å². The minimum atomic E-state index is -0.315. The Balaban J connectivity index is 2.03. The average molecular weight is 262 g/mol. The second-order valence-electron chi connectivity index (χ2n) is 5.56. The van der Waals surface area contributed by atoms with E-state index in [1.165, 1.54) is 0 Å². The van der Waals surface area contributed by atoms with Crippen molar-refractivity contribution in [3.63, 3.8) is 0 Å². The molecule has 0 radical (unpaired) electrons. The molecule has 19 heavy (non-hydrogen) atoms. The predicted molar refractivity (Wildman–Crippen MR) is 77.2 cm³/mol. The number of nitrogens with one attached hydrogen (secondary N) is 1. The van der Waals surface area contributed by atoms with E-state index >= 15 is 0 Å². The number of nitrogens with two attached hydrogens (primary N) is 1. The van der Waals surface area contributed by atoms with E-state index in [4.69, 9.17) is 5.73 Å². The lowest BCUT2D eigenvalue weighted by Gasteiger charge is -2.23. The second-order valence-corrected chi connectivity index (χ2v) is 5.56. The summed E-state index contributed by atoms with van der Waals surface area (Å²) < 4.78 is 0. The maximum atomic E-state index is 12.1. The van der Waals surface area contributed by atoms with Gasteiger partial charge in [-0.3, -0.25) is 4.79 Å². The Morgan fingerprint density at radius 3 is 2.79 bits per heavy atom. The van der Waals surface area contributed by atoms with Gasteiger partial charge in [-0.25, -0.2) is 4.98 Å². The van der Waals surface area contributed by atoms with Crippen LogP contribution in [0.3, 0.4) is 0 Å². The molecule has 1 aromatic rings. The van der Waals surface area contributed by atoms with E-state index in [9.17, 15) is 4.79 Å². The van der Waals surface area contributed by atoms with Crippen molar-refractivity contribution >= 4 is 17.4 Å². The lowest BCUT2D eigenvalue weighted by atomic mass is 9.94. The molecule has 5 nitrogen and oxygen atoms in total. The van der Waals surface area contributed by atoms with Gasteiger partial charge in [-0.05, 0) is 25.0 Å². The number of hydrogen-bond acceptors (Lipinski definition) is 4. The summed E-state index contributed by atoms with van der Waals surface area (Å²) in [5, 5.41) is 2.92. The van der Waals surface area contributed by atoms with Crippen LogP contribution in [0.4, 0.5) is 11.5 Å². The molecular formula is C14H22N4O. The lowest BCUT2D eigenvalue weighted by molar-refractivity contribution is -0.117. The number of nitrogens with zero attached hydrogens (tertiary/aromatic N) is 2. The third kappa shape index (κ3) is 3.44. The Morgan fingerprint density at radius 2 is 2.16 bits per heavy atom. The van der Waals surface area contributed by atoms with Crippen molar-refractivity contribution in [3.05, 3.63) is 18.3 Å². The van der Waals surface area contributed by atoms with E-state index < -0.39 is 0 Å². The number of anilines is 2. The first kappa shape index (κ1) is 13.8. The Hall–Kier alpha value is -1.62. The van der Waals surface area contributed by atoms with Crippen molar-refractivity contribution < 1.29 is 4.79 Å². The molecule has 0 bridgehead atoms. The number of carbonyl (C=O) groups is 1. The topological polar surface area (TPSA) is 71.2 Å². The van der Waals surface area contributed by atoms with Gasteiger partial charge in [0.25, 0.3) is 0 Å². The molecule has 2 rings (SSSR count). The number of aromatic nitrogens is 1. The molecule has 1 saturated carbocycles. The maximum absolute atomic E-state index is 12.1. The summed E-state index contributed by atoms with van der Waals surface area (Å²) in [6, 6.07) is 3.68. The number of hydrogen-bond donors (Lipinski definition) is 2. The normalized spacial score (nSPS) is 17.2. The molecule has 0 saturated heterocycles. The molecule has 1 fully saturated rings. The highest BCUT2D eigenvalue weighted by Crippen LogP contribution is 2.30. The predicted octanol–water partition coefficient (Wildman–Crippen LogP) is 1.75. The van der Waals surface area contributed by atoms with Crippen molar-refractivity contribution in [2.45, 2.75) is 37.6 Å². The quantitative estimate of drug-likeness (QED) is 0.867. The van der Waals surface area contributed by atoms with Gasteiger partial charge in [0.2, 0.25) is 5.91 Å². The lowest BCUT2D eigenvalue weighted by Crippen LogP contribution is -2.40. The molecule has 1 heterocycles. The number of amides is 1. The van der Waals surface area contributed by atoms with Gasteiger partial charge < -0.3 is 16.0 Å². The minimum Gasteiger partial charge on any atom is -0.361 e. The van der Waals surface area contributed by atoms with Crippen molar-refractivity contribution in [2.75, 3.05) is 24.3 Å². The molecule has 104 valence electrons. The van der Waals surface area contributed by atoms with E-state index in [0.29, 0.717) is 6.42 Å². The number of rotatable bonds is 4. The average Bonchev–Trinajstić information content (AvgIpc) is 2.75. The molecule has 1 aliphatic rings. The van der Waals surface area contributed by atoms with Crippen LogP contribution in [0.2, 0.25) is 0 Å².